The van der Waals surface area contributed by atoms with Crippen molar-refractivity contribution in [2.24, 2.45) is 0 Å². The first-order valence-electron chi connectivity index (χ1n) is 8.01. The Hall–Kier alpha value is -2.38. The topological polar surface area (TPSA) is 66.6 Å². The highest BCUT2D eigenvalue weighted by atomic mass is 35.5. The second-order valence-electron chi connectivity index (χ2n) is 5.42. The van der Waals surface area contributed by atoms with Crippen molar-refractivity contribution in [3.8, 4) is 17.2 Å². The highest BCUT2D eigenvalue weighted by molar-refractivity contribution is 7.99. The van der Waals surface area contributed by atoms with Gasteiger partial charge in [0.25, 0.3) is 11.1 Å². The SMILES string of the molecule is Clc1ccc(OCCSc2nnc([C@@H]3COc4ccccc4O3)o2)cc1. The molecular formula is C18H15ClN2O4S. The van der Waals surface area contributed by atoms with Crippen LogP contribution in [0.1, 0.15) is 12.0 Å². The van der Waals surface area contributed by atoms with Gasteiger partial charge < -0.3 is 18.6 Å². The number of rotatable bonds is 6. The van der Waals surface area contributed by atoms with Gasteiger partial charge in [-0.1, -0.05) is 35.5 Å². The zero-order valence-corrected chi connectivity index (χ0v) is 15.2. The monoisotopic (exact) mass is 390 g/mol. The minimum absolute atomic E-state index is 0.336. The van der Waals surface area contributed by atoms with Crippen LogP contribution in [0.4, 0.5) is 0 Å². The Labute approximate surface area is 159 Å². The molecule has 0 amide bonds. The summed E-state index contributed by atoms with van der Waals surface area (Å²) in [6, 6.07) is 14.7. The zero-order chi connectivity index (χ0) is 17.8. The summed E-state index contributed by atoms with van der Waals surface area (Å²) in [6.07, 6.45) is -0.405. The highest BCUT2D eigenvalue weighted by Gasteiger charge is 2.27. The molecule has 0 N–H and O–H groups in total. The van der Waals surface area contributed by atoms with Gasteiger partial charge >= 0.3 is 0 Å². The molecule has 0 unspecified atom stereocenters. The maximum Gasteiger partial charge on any atom is 0.276 e. The molecule has 3 aromatic rings. The largest absolute Gasteiger partial charge is 0.493 e. The first-order valence-corrected chi connectivity index (χ1v) is 9.37. The number of halogens is 1. The van der Waals surface area contributed by atoms with Crippen molar-refractivity contribution in [3.05, 3.63) is 59.4 Å². The molecule has 4 rings (SSSR count). The van der Waals surface area contributed by atoms with Crippen LogP contribution in [0.15, 0.2) is 58.2 Å². The van der Waals surface area contributed by atoms with Gasteiger partial charge in [-0.2, -0.15) is 0 Å². The molecule has 0 fully saturated rings. The van der Waals surface area contributed by atoms with Crippen LogP contribution in [-0.2, 0) is 0 Å². The molecule has 0 spiro atoms. The normalized spacial score (nSPS) is 15.7. The molecule has 134 valence electrons. The van der Waals surface area contributed by atoms with E-state index in [9.17, 15) is 0 Å². The van der Waals surface area contributed by atoms with Crippen molar-refractivity contribution in [2.75, 3.05) is 19.0 Å². The average molecular weight is 391 g/mol. The lowest BCUT2D eigenvalue weighted by Crippen LogP contribution is -2.21. The van der Waals surface area contributed by atoms with Crippen LogP contribution in [0.25, 0.3) is 0 Å². The zero-order valence-electron chi connectivity index (χ0n) is 13.6. The lowest BCUT2D eigenvalue weighted by Gasteiger charge is -2.23. The number of thioether (sulfide) groups is 1. The third-order valence-electron chi connectivity index (χ3n) is 3.60. The van der Waals surface area contributed by atoms with E-state index in [0.717, 1.165) is 11.5 Å². The quantitative estimate of drug-likeness (QED) is 0.456. The van der Waals surface area contributed by atoms with Gasteiger partial charge in [-0.3, -0.25) is 0 Å². The molecule has 2 aromatic carbocycles. The van der Waals surface area contributed by atoms with Crippen LogP contribution < -0.4 is 14.2 Å². The third-order valence-corrected chi connectivity index (χ3v) is 4.63. The van der Waals surface area contributed by atoms with Crippen molar-refractivity contribution in [1.82, 2.24) is 10.2 Å². The van der Waals surface area contributed by atoms with Crippen molar-refractivity contribution in [3.63, 3.8) is 0 Å². The third kappa shape index (κ3) is 4.05. The van der Waals surface area contributed by atoms with Gasteiger partial charge in [0.15, 0.2) is 11.5 Å². The molecule has 0 radical (unpaired) electrons. The molecule has 1 atom stereocenters. The maximum absolute atomic E-state index is 5.86. The van der Waals surface area contributed by atoms with E-state index < -0.39 is 6.10 Å². The Morgan fingerprint density at radius 1 is 1.08 bits per heavy atom. The number of ether oxygens (including phenoxy) is 3. The first kappa shape index (κ1) is 17.1. The number of hydrogen-bond donors (Lipinski definition) is 0. The van der Waals surface area contributed by atoms with Gasteiger partial charge in [-0.15, -0.1) is 10.2 Å². The Bertz CT molecular complexity index is 872. The van der Waals surface area contributed by atoms with Gasteiger partial charge in [0.2, 0.25) is 6.10 Å². The summed E-state index contributed by atoms with van der Waals surface area (Å²) in [4.78, 5) is 0. The van der Waals surface area contributed by atoms with Crippen molar-refractivity contribution in [2.45, 2.75) is 11.3 Å². The summed E-state index contributed by atoms with van der Waals surface area (Å²) in [5.41, 5.74) is 0. The van der Waals surface area contributed by atoms with Gasteiger partial charge in [-0.05, 0) is 36.4 Å². The number of fused-ring (bicyclic) bond motifs is 1. The maximum atomic E-state index is 5.86. The van der Waals surface area contributed by atoms with E-state index in [4.69, 9.17) is 30.2 Å². The van der Waals surface area contributed by atoms with E-state index in [1.165, 1.54) is 11.8 Å². The number of benzene rings is 2. The average Bonchev–Trinajstić information content (AvgIpc) is 3.15. The Balaban J connectivity index is 1.28. The number of hydrogen-bond acceptors (Lipinski definition) is 7. The van der Waals surface area contributed by atoms with Crippen LogP contribution >= 0.6 is 23.4 Å². The molecule has 2 heterocycles. The van der Waals surface area contributed by atoms with E-state index in [0.29, 0.717) is 40.9 Å². The van der Waals surface area contributed by atoms with E-state index in [1.807, 2.05) is 36.4 Å². The van der Waals surface area contributed by atoms with Gasteiger partial charge in [-0.25, -0.2) is 0 Å². The summed E-state index contributed by atoms with van der Waals surface area (Å²) >= 11 is 7.27. The summed E-state index contributed by atoms with van der Waals surface area (Å²) in [5.74, 6) is 3.24. The van der Waals surface area contributed by atoms with Crippen molar-refractivity contribution < 1.29 is 18.6 Å². The summed E-state index contributed by atoms with van der Waals surface area (Å²) in [7, 11) is 0. The summed E-state index contributed by atoms with van der Waals surface area (Å²) in [6.45, 7) is 0.851. The van der Waals surface area contributed by atoms with Gasteiger partial charge in [0.05, 0.1) is 6.61 Å². The van der Waals surface area contributed by atoms with E-state index in [2.05, 4.69) is 10.2 Å². The van der Waals surface area contributed by atoms with Crippen LogP contribution in [0, 0.1) is 0 Å². The van der Waals surface area contributed by atoms with E-state index in [1.54, 1.807) is 12.1 Å². The molecule has 1 aliphatic rings. The minimum atomic E-state index is -0.405. The molecule has 0 aliphatic carbocycles. The Kier molecular flexibility index (Phi) is 5.17. The van der Waals surface area contributed by atoms with E-state index in [-0.39, 0.29) is 0 Å². The second-order valence-corrected chi connectivity index (χ2v) is 6.90. The molecule has 0 bridgehead atoms. The predicted octanol–water partition coefficient (Wildman–Crippen LogP) is 4.41. The fourth-order valence-electron chi connectivity index (χ4n) is 2.37. The number of nitrogens with zero attached hydrogens (tertiary/aromatic N) is 2. The Morgan fingerprint density at radius 3 is 2.73 bits per heavy atom. The predicted molar refractivity (Wildman–Crippen MR) is 97.3 cm³/mol. The minimum Gasteiger partial charge on any atom is -0.493 e. The lowest BCUT2D eigenvalue weighted by atomic mass is 10.2. The summed E-state index contributed by atoms with van der Waals surface area (Å²) in [5, 5.41) is 9.26. The van der Waals surface area contributed by atoms with Crippen LogP contribution in [0.3, 0.4) is 0 Å². The molecule has 0 saturated heterocycles. The Morgan fingerprint density at radius 2 is 1.88 bits per heavy atom. The van der Waals surface area contributed by atoms with Crippen molar-refractivity contribution in [1.29, 1.82) is 0 Å². The molecule has 1 aromatic heterocycles. The van der Waals surface area contributed by atoms with Crippen molar-refractivity contribution >= 4 is 23.4 Å². The highest BCUT2D eigenvalue weighted by Crippen LogP contribution is 2.35. The van der Waals surface area contributed by atoms with Crippen LogP contribution in [-0.4, -0.2) is 29.2 Å². The van der Waals surface area contributed by atoms with Gasteiger partial charge in [0, 0.05) is 10.8 Å². The van der Waals surface area contributed by atoms with Crippen LogP contribution in [0.5, 0.6) is 17.2 Å². The molecular weight excluding hydrogens is 376 g/mol. The van der Waals surface area contributed by atoms with Gasteiger partial charge in [0.1, 0.15) is 12.4 Å². The van der Waals surface area contributed by atoms with Crippen LogP contribution in [0.2, 0.25) is 5.02 Å². The standard InChI is InChI=1S/C18H15ClN2O4S/c19-12-5-7-13(8-6-12)22-9-10-26-18-21-20-17(25-18)16-11-23-14-3-1-2-4-15(14)24-16/h1-8,16H,9-11H2/t16-/m0/s1. The number of para-hydroxylation sites is 2. The molecule has 26 heavy (non-hydrogen) atoms. The summed E-state index contributed by atoms with van der Waals surface area (Å²) < 4.78 is 22.8. The first-order chi connectivity index (χ1) is 12.8. The fourth-order valence-corrected chi connectivity index (χ4v) is 3.08. The molecule has 8 heteroatoms. The molecule has 1 aliphatic heterocycles. The second kappa shape index (κ2) is 7.88. The number of aromatic nitrogens is 2. The smallest absolute Gasteiger partial charge is 0.276 e. The fraction of sp³-hybridized carbons (Fsp3) is 0.222. The molecule has 0 saturated carbocycles. The van der Waals surface area contributed by atoms with E-state index >= 15 is 0 Å². The lowest BCUT2D eigenvalue weighted by molar-refractivity contribution is 0.0686. The molecule has 6 nitrogen and oxygen atoms in total.